The van der Waals surface area contributed by atoms with E-state index in [-0.39, 0.29) is 0 Å². The average Bonchev–Trinajstić information content (AvgIpc) is 2.53. The Kier molecular flexibility index (Phi) is 11.2. The van der Waals surface area contributed by atoms with Crippen molar-refractivity contribution in [3.8, 4) is 0 Å². The number of rotatable bonds is 6. The molecule has 0 aromatic heterocycles. The lowest BCUT2D eigenvalue weighted by atomic mass is 9.88. The van der Waals surface area contributed by atoms with Gasteiger partial charge in [0.2, 0.25) is 0 Å². The highest BCUT2D eigenvalue weighted by Gasteiger charge is 2.22. The van der Waals surface area contributed by atoms with Gasteiger partial charge in [0.15, 0.2) is 0 Å². The van der Waals surface area contributed by atoms with Gasteiger partial charge in [0.1, 0.15) is 0 Å². The third kappa shape index (κ3) is 7.00. The standard InChI is InChI=1S/C20H42N2/c1-5-17(6-2)19-15-13-11-9-10-12-14-16-20(22-21-19)18(7-3)8-4/h17-22H,5-16H2,1-4H3. The molecule has 132 valence electrons. The summed E-state index contributed by atoms with van der Waals surface area (Å²) in [6.45, 7) is 9.41. The van der Waals surface area contributed by atoms with Gasteiger partial charge in [-0.1, -0.05) is 91.9 Å². The van der Waals surface area contributed by atoms with Crippen LogP contribution in [0.25, 0.3) is 0 Å². The molecule has 1 aliphatic heterocycles. The van der Waals surface area contributed by atoms with Crippen LogP contribution < -0.4 is 10.9 Å². The van der Waals surface area contributed by atoms with E-state index in [1.807, 2.05) is 0 Å². The third-order valence-electron chi connectivity index (χ3n) is 5.97. The third-order valence-corrected chi connectivity index (χ3v) is 5.97. The van der Waals surface area contributed by atoms with E-state index in [1.165, 1.54) is 77.0 Å². The molecular formula is C20H42N2. The maximum Gasteiger partial charge on any atom is 0.0241 e. The van der Waals surface area contributed by atoms with E-state index >= 15 is 0 Å². The van der Waals surface area contributed by atoms with Gasteiger partial charge in [-0.2, -0.15) is 0 Å². The summed E-state index contributed by atoms with van der Waals surface area (Å²) in [5.74, 6) is 1.63. The van der Waals surface area contributed by atoms with Crippen LogP contribution in [0.3, 0.4) is 0 Å². The summed E-state index contributed by atoms with van der Waals surface area (Å²) in [7, 11) is 0. The molecule has 2 unspecified atom stereocenters. The lowest BCUT2D eigenvalue weighted by Crippen LogP contribution is -2.51. The van der Waals surface area contributed by atoms with Crippen LogP contribution in [0.15, 0.2) is 0 Å². The van der Waals surface area contributed by atoms with Gasteiger partial charge in [-0.3, -0.25) is 10.9 Å². The number of hydrazine groups is 1. The van der Waals surface area contributed by atoms with Gasteiger partial charge in [0.25, 0.3) is 0 Å². The zero-order valence-electron chi connectivity index (χ0n) is 15.8. The van der Waals surface area contributed by atoms with Crippen LogP contribution in [0.4, 0.5) is 0 Å². The molecule has 2 heteroatoms. The summed E-state index contributed by atoms with van der Waals surface area (Å²) >= 11 is 0. The Morgan fingerprint density at radius 1 is 0.591 bits per heavy atom. The average molecular weight is 311 g/mol. The normalized spacial score (nSPS) is 25.9. The molecule has 2 atom stereocenters. The molecule has 0 aromatic rings. The highest BCUT2D eigenvalue weighted by atomic mass is 15.4. The first-order chi connectivity index (χ1) is 10.8. The summed E-state index contributed by atoms with van der Waals surface area (Å²) in [4.78, 5) is 0. The van der Waals surface area contributed by atoms with E-state index in [0.29, 0.717) is 12.1 Å². The van der Waals surface area contributed by atoms with Gasteiger partial charge in [0, 0.05) is 12.1 Å². The van der Waals surface area contributed by atoms with Crippen LogP contribution in [-0.2, 0) is 0 Å². The van der Waals surface area contributed by atoms with Crippen LogP contribution >= 0.6 is 0 Å². The summed E-state index contributed by atoms with van der Waals surface area (Å²) in [6, 6.07) is 1.32. The maximum atomic E-state index is 3.79. The van der Waals surface area contributed by atoms with Crippen LogP contribution in [0.1, 0.15) is 105 Å². The predicted molar refractivity (Wildman–Crippen MR) is 98.9 cm³/mol. The number of hydrogen-bond donors (Lipinski definition) is 2. The lowest BCUT2D eigenvalue weighted by Gasteiger charge is -2.33. The molecule has 1 fully saturated rings. The van der Waals surface area contributed by atoms with Crippen LogP contribution in [0, 0.1) is 11.8 Å². The molecule has 22 heavy (non-hydrogen) atoms. The minimum atomic E-state index is 0.659. The Morgan fingerprint density at radius 3 is 1.23 bits per heavy atom. The van der Waals surface area contributed by atoms with Crippen molar-refractivity contribution in [2.45, 2.75) is 117 Å². The molecule has 0 spiro atoms. The highest BCUT2D eigenvalue weighted by molar-refractivity contribution is 4.78. The van der Waals surface area contributed by atoms with Crippen molar-refractivity contribution in [3.63, 3.8) is 0 Å². The lowest BCUT2D eigenvalue weighted by molar-refractivity contribution is 0.215. The molecule has 0 aromatic carbocycles. The van der Waals surface area contributed by atoms with E-state index < -0.39 is 0 Å². The zero-order chi connectivity index (χ0) is 16.2. The van der Waals surface area contributed by atoms with Crippen molar-refractivity contribution < 1.29 is 0 Å². The van der Waals surface area contributed by atoms with E-state index in [9.17, 15) is 0 Å². The molecule has 1 heterocycles. The quantitative estimate of drug-likeness (QED) is 0.645. The van der Waals surface area contributed by atoms with Crippen LogP contribution in [-0.4, -0.2) is 12.1 Å². The van der Waals surface area contributed by atoms with Gasteiger partial charge in [-0.05, 0) is 24.7 Å². The molecule has 0 aliphatic carbocycles. The molecule has 0 saturated carbocycles. The van der Waals surface area contributed by atoms with E-state index in [4.69, 9.17) is 0 Å². The van der Waals surface area contributed by atoms with Crippen molar-refractivity contribution >= 4 is 0 Å². The van der Waals surface area contributed by atoms with Crippen molar-refractivity contribution in [3.05, 3.63) is 0 Å². The number of hydrogen-bond acceptors (Lipinski definition) is 2. The first-order valence-corrected chi connectivity index (χ1v) is 10.3. The van der Waals surface area contributed by atoms with E-state index in [1.54, 1.807) is 0 Å². The maximum absolute atomic E-state index is 3.79. The Morgan fingerprint density at radius 2 is 0.909 bits per heavy atom. The molecular weight excluding hydrogens is 268 g/mol. The van der Waals surface area contributed by atoms with Crippen LogP contribution in [0.5, 0.6) is 0 Å². The van der Waals surface area contributed by atoms with Gasteiger partial charge >= 0.3 is 0 Å². The summed E-state index contributed by atoms with van der Waals surface area (Å²) in [6.07, 6.45) is 16.4. The molecule has 0 radical (unpaired) electrons. The molecule has 1 rings (SSSR count). The van der Waals surface area contributed by atoms with Gasteiger partial charge < -0.3 is 0 Å². The van der Waals surface area contributed by atoms with E-state index in [2.05, 4.69) is 38.5 Å². The van der Waals surface area contributed by atoms with Crippen molar-refractivity contribution in [1.82, 2.24) is 10.9 Å². The molecule has 1 aliphatic rings. The second-order valence-corrected chi connectivity index (χ2v) is 7.35. The van der Waals surface area contributed by atoms with Crippen LogP contribution in [0.2, 0.25) is 0 Å². The Hall–Kier alpha value is -0.0800. The predicted octanol–water partition coefficient (Wildman–Crippen LogP) is 5.82. The zero-order valence-corrected chi connectivity index (χ0v) is 15.8. The second kappa shape index (κ2) is 12.4. The largest absolute Gasteiger partial charge is 0.254 e. The second-order valence-electron chi connectivity index (χ2n) is 7.35. The first kappa shape index (κ1) is 20.0. The smallest absolute Gasteiger partial charge is 0.0241 e. The molecule has 1 saturated heterocycles. The molecule has 2 N–H and O–H groups in total. The summed E-state index contributed by atoms with van der Waals surface area (Å²) in [5.41, 5.74) is 7.58. The van der Waals surface area contributed by atoms with Crippen molar-refractivity contribution in [2.75, 3.05) is 0 Å². The SMILES string of the molecule is CCC(CC)C1CCCCCCCCC(C(CC)CC)NN1. The summed E-state index contributed by atoms with van der Waals surface area (Å²) < 4.78 is 0. The highest BCUT2D eigenvalue weighted by Crippen LogP contribution is 2.22. The fourth-order valence-corrected chi connectivity index (χ4v) is 4.22. The minimum Gasteiger partial charge on any atom is -0.254 e. The van der Waals surface area contributed by atoms with Gasteiger partial charge in [-0.25, -0.2) is 0 Å². The topological polar surface area (TPSA) is 24.1 Å². The Labute approximate surface area is 140 Å². The molecule has 2 nitrogen and oxygen atoms in total. The van der Waals surface area contributed by atoms with Gasteiger partial charge in [-0.15, -0.1) is 0 Å². The summed E-state index contributed by atoms with van der Waals surface area (Å²) in [5, 5.41) is 0. The monoisotopic (exact) mass is 310 g/mol. The molecule has 0 amide bonds. The van der Waals surface area contributed by atoms with E-state index in [0.717, 1.165) is 11.8 Å². The minimum absolute atomic E-state index is 0.659. The van der Waals surface area contributed by atoms with Crippen molar-refractivity contribution in [1.29, 1.82) is 0 Å². The van der Waals surface area contributed by atoms with Crippen molar-refractivity contribution in [2.24, 2.45) is 11.8 Å². The fraction of sp³-hybridized carbons (Fsp3) is 1.00. The Bertz CT molecular complexity index is 220. The van der Waals surface area contributed by atoms with Gasteiger partial charge in [0.05, 0.1) is 0 Å². The first-order valence-electron chi connectivity index (χ1n) is 10.3. The fourth-order valence-electron chi connectivity index (χ4n) is 4.22. The number of nitrogens with one attached hydrogen (secondary N) is 2. The molecule has 0 bridgehead atoms. The Balaban J connectivity index is 2.67.